The molecule has 76 valence electrons. The van der Waals surface area contributed by atoms with Crippen LogP contribution in [0.1, 0.15) is 18.1 Å². The van der Waals surface area contributed by atoms with Crippen molar-refractivity contribution in [1.82, 2.24) is 0 Å². The average Bonchev–Trinajstić information content (AvgIpc) is 2.27. The molecule has 0 fully saturated rings. The Morgan fingerprint density at radius 1 is 1.13 bits per heavy atom. The van der Waals surface area contributed by atoms with Crippen molar-refractivity contribution >= 4 is 16.6 Å². The Bertz CT molecular complexity index is 515. The van der Waals surface area contributed by atoms with E-state index in [-0.39, 0.29) is 5.84 Å². The van der Waals surface area contributed by atoms with Crippen LogP contribution in [0.3, 0.4) is 0 Å². The van der Waals surface area contributed by atoms with Gasteiger partial charge in [0.2, 0.25) is 0 Å². The van der Waals surface area contributed by atoms with Gasteiger partial charge in [0, 0.05) is 5.56 Å². The fraction of sp³-hybridized carbons (Fsp3) is 0.154. The van der Waals surface area contributed by atoms with Gasteiger partial charge in [-0.15, -0.1) is 0 Å². The van der Waals surface area contributed by atoms with Crippen LogP contribution in [-0.2, 0) is 6.42 Å². The standard InChI is InChI=1S/C13H14N2/c1-2-9-3-4-11-8-12(13(14)15)6-5-10(11)7-9/h3-8H,2H2,1H3,(H3,14,15). The fourth-order valence-electron chi connectivity index (χ4n) is 1.68. The van der Waals surface area contributed by atoms with E-state index in [1.54, 1.807) is 0 Å². The van der Waals surface area contributed by atoms with Crippen molar-refractivity contribution in [3.8, 4) is 0 Å². The minimum atomic E-state index is 0.122. The summed E-state index contributed by atoms with van der Waals surface area (Å²) in [5, 5.41) is 9.71. The third-order valence-corrected chi connectivity index (χ3v) is 2.62. The van der Waals surface area contributed by atoms with Gasteiger partial charge < -0.3 is 5.73 Å². The van der Waals surface area contributed by atoms with E-state index in [0.29, 0.717) is 0 Å². The number of rotatable bonds is 2. The summed E-state index contributed by atoms with van der Waals surface area (Å²) in [5.41, 5.74) is 7.56. The van der Waals surface area contributed by atoms with E-state index < -0.39 is 0 Å². The average molecular weight is 198 g/mol. The van der Waals surface area contributed by atoms with Crippen LogP contribution in [-0.4, -0.2) is 5.84 Å². The van der Waals surface area contributed by atoms with Crippen LogP contribution in [0.15, 0.2) is 36.4 Å². The first kappa shape index (κ1) is 9.71. The highest BCUT2D eigenvalue weighted by atomic mass is 14.7. The molecule has 2 rings (SSSR count). The molecule has 2 nitrogen and oxygen atoms in total. The van der Waals surface area contributed by atoms with E-state index in [9.17, 15) is 0 Å². The molecule has 0 aromatic heterocycles. The third-order valence-electron chi connectivity index (χ3n) is 2.62. The summed E-state index contributed by atoms with van der Waals surface area (Å²) in [7, 11) is 0. The number of nitrogen functional groups attached to an aromatic ring is 1. The molecule has 0 amide bonds. The summed E-state index contributed by atoms with van der Waals surface area (Å²) in [6.07, 6.45) is 1.05. The highest BCUT2D eigenvalue weighted by Crippen LogP contribution is 2.18. The van der Waals surface area contributed by atoms with Crippen molar-refractivity contribution in [3.63, 3.8) is 0 Å². The molecule has 2 aromatic carbocycles. The molecule has 0 saturated carbocycles. The first-order valence-electron chi connectivity index (χ1n) is 5.08. The topological polar surface area (TPSA) is 49.9 Å². The molecular weight excluding hydrogens is 184 g/mol. The second-order valence-electron chi connectivity index (χ2n) is 3.66. The Kier molecular flexibility index (Phi) is 2.42. The van der Waals surface area contributed by atoms with Crippen molar-refractivity contribution < 1.29 is 0 Å². The highest BCUT2D eigenvalue weighted by Gasteiger charge is 1.99. The number of amidine groups is 1. The summed E-state index contributed by atoms with van der Waals surface area (Å²) in [4.78, 5) is 0. The van der Waals surface area contributed by atoms with Crippen molar-refractivity contribution in [2.75, 3.05) is 0 Å². The molecule has 0 atom stereocenters. The molecule has 0 aliphatic heterocycles. The molecule has 3 N–H and O–H groups in total. The molecule has 15 heavy (non-hydrogen) atoms. The zero-order valence-corrected chi connectivity index (χ0v) is 8.75. The van der Waals surface area contributed by atoms with Crippen LogP contribution in [0.4, 0.5) is 0 Å². The molecule has 0 saturated heterocycles. The van der Waals surface area contributed by atoms with Gasteiger partial charge in [0.25, 0.3) is 0 Å². The third kappa shape index (κ3) is 1.84. The SMILES string of the molecule is CCc1ccc2cc(C(=N)N)ccc2c1. The quantitative estimate of drug-likeness (QED) is 0.565. The molecule has 0 aliphatic rings. The normalized spacial score (nSPS) is 10.5. The minimum absolute atomic E-state index is 0.122. The van der Waals surface area contributed by atoms with Gasteiger partial charge in [-0.2, -0.15) is 0 Å². The second kappa shape index (κ2) is 3.73. The van der Waals surface area contributed by atoms with Crippen molar-refractivity contribution in [1.29, 1.82) is 5.41 Å². The largest absolute Gasteiger partial charge is 0.384 e. The number of fused-ring (bicyclic) bond motifs is 1. The van der Waals surface area contributed by atoms with Crippen molar-refractivity contribution in [2.24, 2.45) is 5.73 Å². The molecule has 0 bridgehead atoms. The van der Waals surface area contributed by atoms with Crippen LogP contribution < -0.4 is 5.73 Å². The number of hydrogen-bond acceptors (Lipinski definition) is 1. The van der Waals surface area contributed by atoms with Crippen LogP contribution >= 0.6 is 0 Å². The summed E-state index contributed by atoms with van der Waals surface area (Å²) < 4.78 is 0. The molecule has 0 heterocycles. The smallest absolute Gasteiger partial charge is 0.122 e. The number of benzene rings is 2. The van der Waals surface area contributed by atoms with E-state index in [0.717, 1.165) is 17.4 Å². The van der Waals surface area contributed by atoms with Gasteiger partial charge >= 0.3 is 0 Å². The van der Waals surface area contributed by atoms with Crippen LogP contribution in [0.5, 0.6) is 0 Å². The Labute approximate surface area is 89.2 Å². The van der Waals surface area contributed by atoms with Gasteiger partial charge in [-0.3, -0.25) is 5.41 Å². The van der Waals surface area contributed by atoms with E-state index in [1.807, 2.05) is 18.2 Å². The number of aryl methyl sites for hydroxylation is 1. The lowest BCUT2D eigenvalue weighted by Crippen LogP contribution is -2.10. The first-order chi connectivity index (χ1) is 7.20. The molecule has 2 aromatic rings. The molecule has 0 aliphatic carbocycles. The van der Waals surface area contributed by atoms with Gasteiger partial charge in [0.1, 0.15) is 5.84 Å². The number of nitrogens with two attached hydrogens (primary N) is 1. The van der Waals surface area contributed by atoms with Gasteiger partial charge in [-0.25, -0.2) is 0 Å². The Morgan fingerprint density at radius 3 is 2.47 bits per heavy atom. The Hall–Kier alpha value is -1.83. The number of hydrogen-bond donors (Lipinski definition) is 2. The minimum Gasteiger partial charge on any atom is -0.384 e. The van der Waals surface area contributed by atoms with E-state index in [4.69, 9.17) is 11.1 Å². The molecular formula is C13H14N2. The zero-order chi connectivity index (χ0) is 10.8. The maximum Gasteiger partial charge on any atom is 0.122 e. The van der Waals surface area contributed by atoms with Crippen LogP contribution in [0, 0.1) is 5.41 Å². The predicted molar refractivity (Wildman–Crippen MR) is 64.3 cm³/mol. The fourth-order valence-corrected chi connectivity index (χ4v) is 1.68. The lowest BCUT2D eigenvalue weighted by Gasteiger charge is -2.03. The molecule has 0 unspecified atom stereocenters. The highest BCUT2D eigenvalue weighted by molar-refractivity contribution is 5.99. The Morgan fingerprint density at radius 2 is 1.80 bits per heavy atom. The number of nitrogens with one attached hydrogen (secondary N) is 1. The predicted octanol–water partition coefficient (Wildman–Crippen LogP) is 2.69. The van der Waals surface area contributed by atoms with E-state index >= 15 is 0 Å². The molecule has 0 spiro atoms. The lowest BCUT2D eigenvalue weighted by molar-refractivity contribution is 1.15. The monoisotopic (exact) mass is 198 g/mol. The van der Waals surface area contributed by atoms with Gasteiger partial charge in [0.15, 0.2) is 0 Å². The van der Waals surface area contributed by atoms with E-state index in [1.165, 1.54) is 10.9 Å². The molecule has 0 radical (unpaired) electrons. The van der Waals surface area contributed by atoms with Gasteiger partial charge in [0.05, 0.1) is 0 Å². The zero-order valence-electron chi connectivity index (χ0n) is 8.75. The molecule has 2 heteroatoms. The maximum atomic E-state index is 7.37. The van der Waals surface area contributed by atoms with Gasteiger partial charge in [-0.05, 0) is 28.8 Å². The first-order valence-corrected chi connectivity index (χ1v) is 5.08. The van der Waals surface area contributed by atoms with Crippen LogP contribution in [0.25, 0.3) is 10.8 Å². The second-order valence-corrected chi connectivity index (χ2v) is 3.66. The lowest BCUT2D eigenvalue weighted by atomic mass is 10.0. The maximum absolute atomic E-state index is 7.37. The summed E-state index contributed by atoms with van der Waals surface area (Å²) in [6, 6.07) is 12.2. The van der Waals surface area contributed by atoms with E-state index in [2.05, 4.69) is 25.1 Å². The summed E-state index contributed by atoms with van der Waals surface area (Å²) >= 11 is 0. The van der Waals surface area contributed by atoms with Gasteiger partial charge in [-0.1, -0.05) is 37.3 Å². The van der Waals surface area contributed by atoms with Crippen molar-refractivity contribution in [2.45, 2.75) is 13.3 Å². The van der Waals surface area contributed by atoms with Crippen molar-refractivity contribution in [3.05, 3.63) is 47.5 Å². The summed E-state index contributed by atoms with van der Waals surface area (Å²) in [5.74, 6) is 0.122. The Balaban J connectivity index is 2.59. The summed E-state index contributed by atoms with van der Waals surface area (Å²) in [6.45, 7) is 2.14. The van der Waals surface area contributed by atoms with Crippen LogP contribution in [0.2, 0.25) is 0 Å².